The zero-order chi connectivity index (χ0) is 28.1. The largest absolute Gasteiger partial charge is 0.493 e. The highest BCUT2D eigenvalue weighted by atomic mass is 35.5. The number of thioether (sulfide) groups is 1. The first-order valence-electron chi connectivity index (χ1n) is 12.8. The molecule has 2 saturated heterocycles. The Morgan fingerprint density at radius 3 is 2.50 bits per heavy atom. The molecule has 0 aliphatic carbocycles. The van der Waals surface area contributed by atoms with Crippen LogP contribution in [0.1, 0.15) is 40.7 Å². The SMILES string of the molecule is COc1cc(/C=C2\SC(=Nc3ccc(Cl)c(Cl)c3)NC2=O)ccc1OCc1ccc(C(=O)N2CCCCC2)cc1. The van der Waals surface area contributed by atoms with E-state index in [1.165, 1.54) is 18.2 Å². The van der Waals surface area contributed by atoms with Crippen molar-refractivity contribution in [1.82, 2.24) is 10.2 Å². The molecule has 0 radical (unpaired) electrons. The van der Waals surface area contributed by atoms with Crippen LogP contribution in [0.3, 0.4) is 0 Å². The van der Waals surface area contributed by atoms with Crippen LogP contribution in [0.2, 0.25) is 10.0 Å². The minimum atomic E-state index is -0.245. The van der Waals surface area contributed by atoms with Crippen molar-refractivity contribution in [3.8, 4) is 11.5 Å². The lowest BCUT2D eigenvalue weighted by Gasteiger charge is -2.26. The van der Waals surface area contributed by atoms with Crippen LogP contribution in [0.15, 0.2) is 70.6 Å². The second-order valence-electron chi connectivity index (χ2n) is 9.33. The Morgan fingerprint density at radius 1 is 1.00 bits per heavy atom. The van der Waals surface area contributed by atoms with Crippen LogP contribution in [-0.2, 0) is 11.4 Å². The lowest BCUT2D eigenvalue weighted by atomic mass is 10.1. The molecule has 0 saturated carbocycles. The van der Waals surface area contributed by atoms with E-state index in [4.69, 9.17) is 32.7 Å². The van der Waals surface area contributed by atoms with Gasteiger partial charge < -0.3 is 19.7 Å². The van der Waals surface area contributed by atoms with Gasteiger partial charge in [-0.25, -0.2) is 4.99 Å². The van der Waals surface area contributed by atoms with Gasteiger partial charge in [0.15, 0.2) is 16.7 Å². The van der Waals surface area contributed by atoms with Gasteiger partial charge >= 0.3 is 0 Å². The Labute approximate surface area is 247 Å². The van der Waals surface area contributed by atoms with Gasteiger partial charge in [-0.1, -0.05) is 41.4 Å². The first kappa shape index (κ1) is 28.1. The molecule has 2 aliphatic rings. The molecule has 3 aromatic rings. The molecule has 2 fully saturated rings. The van der Waals surface area contributed by atoms with Crippen molar-refractivity contribution in [2.75, 3.05) is 20.2 Å². The molecule has 206 valence electrons. The number of nitrogens with zero attached hydrogens (tertiary/aromatic N) is 2. The summed E-state index contributed by atoms with van der Waals surface area (Å²) in [6, 6.07) is 18.0. The number of carbonyl (C=O) groups excluding carboxylic acids is 2. The summed E-state index contributed by atoms with van der Waals surface area (Å²) in [6.45, 7) is 1.97. The number of piperidine rings is 1. The molecular weight excluding hydrogens is 569 g/mol. The number of aliphatic imine (C=N–C) groups is 1. The van der Waals surface area contributed by atoms with E-state index >= 15 is 0 Å². The Bertz CT molecular complexity index is 1480. The average Bonchev–Trinajstić information content (AvgIpc) is 3.32. The van der Waals surface area contributed by atoms with Crippen LogP contribution in [0, 0.1) is 0 Å². The van der Waals surface area contributed by atoms with E-state index < -0.39 is 0 Å². The zero-order valence-corrected chi connectivity index (χ0v) is 24.1. The molecule has 1 N–H and O–H groups in total. The molecule has 0 aromatic heterocycles. The summed E-state index contributed by atoms with van der Waals surface area (Å²) >= 11 is 13.3. The van der Waals surface area contributed by atoms with Crippen LogP contribution in [-0.4, -0.2) is 42.1 Å². The number of hydrogen-bond donors (Lipinski definition) is 1. The number of halogens is 2. The molecule has 10 heteroatoms. The third kappa shape index (κ3) is 6.81. The smallest absolute Gasteiger partial charge is 0.264 e. The molecule has 0 spiro atoms. The highest BCUT2D eigenvalue weighted by molar-refractivity contribution is 8.18. The highest BCUT2D eigenvalue weighted by Crippen LogP contribution is 2.33. The number of carbonyl (C=O) groups is 2. The van der Waals surface area contributed by atoms with E-state index in [9.17, 15) is 9.59 Å². The van der Waals surface area contributed by atoms with Crippen LogP contribution in [0.5, 0.6) is 11.5 Å². The normalized spacial score (nSPS) is 17.3. The number of likely N-dealkylation sites (tertiary alicyclic amines) is 1. The second kappa shape index (κ2) is 12.8. The molecule has 2 heterocycles. The van der Waals surface area contributed by atoms with E-state index in [1.807, 2.05) is 47.4 Å². The monoisotopic (exact) mass is 595 g/mol. The number of hydrogen-bond acceptors (Lipinski definition) is 6. The van der Waals surface area contributed by atoms with Gasteiger partial charge in [-0.05, 0) is 90.7 Å². The molecule has 40 heavy (non-hydrogen) atoms. The van der Waals surface area contributed by atoms with Crippen molar-refractivity contribution >= 4 is 63.7 Å². The number of methoxy groups -OCH3 is 1. The number of amidine groups is 1. The topological polar surface area (TPSA) is 80.2 Å². The second-order valence-corrected chi connectivity index (χ2v) is 11.2. The standard InChI is InChI=1S/C30H27Cl2N3O4S/c1-38-26-15-20(16-27-28(36)34-30(40-27)33-22-10-11-23(31)24(32)17-22)7-12-25(26)39-18-19-5-8-21(9-6-19)29(37)35-13-3-2-4-14-35/h5-12,15-17H,2-4,13-14,18H2,1H3,(H,33,34,36)/b27-16-. The Hall–Kier alpha value is -3.46. The van der Waals surface area contributed by atoms with Crippen LogP contribution in [0.25, 0.3) is 6.08 Å². The van der Waals surface area contributed by atoms with Gasteiger partial charge in [0.25, 0.3) is 11.8 Å². The number of amides is 2. The third-order valence-corrected chi connectivity index (χ3v) is 8.16. The predicted octanol–water partition coefficient (Wildman–Crippen LogP) is 7.10. The first-order valence-corrected chi connectivity index (χ1v) is 14.4. The predicted molar refractivity (Wildman–Crippen MR) is 161 cm³/mol. The van der Waals surface area contributed by atoms with Crippen molar-refractivity contribution in [2.24, 2.45) is 4.99 Å². The van der Waals surface area contributed by atoms with Crippen molar-refractivity contribution in [1.29, 1.82) is 0 Å². The minimum Gasteiger partial charge on any atom is -0.493 e. The van der Waals surface area contributed by atoms with Gasteiger partial charge in [0.1, 0.15) is 6.61 Å². The van der Waals surface area contributed by atoms with Crippen molar-refractivity contribution < 1.29 is 19.1 Å². The molecule has 0 atom stereocenters. The fraction of sp³-hybridized carbons (Fsp3) is 0.233. The zero-order valence-electron chi connectivity index (χ0n) is 21.8. The molecule has 0 bridgehead atoms. The van der Waals surface area contributed by atoms with Crippen molar-refractivity contribution in [3.05, 3.63) is 92.3 Å². The fourth-order valence-electron chi connectivity index (χ4n) is 4.38. The minimum absolute atomic E-state index is 0.0837. The first-order chi connectivity index (χ1) is 19.4. The molecule has 2 aliphatic heterocycles. The quantitative estimate of drug-likeness (QED) is 0.295. The van der Waals surface area contributed by atoms with Gasteiger partial charge in [0.2, 0.25) is 0 Å². The molecule has 2 amide bonds. The number of nitrogens with one attached hydrogen (secondary N) is 1. The summed E-state index contributed by atoms with van der Waals surface area (Å²) in [5.41, 5.74) is 3.00. The van der Waals surface area contributed by atoms with Gasteiger partial charge in [0, 0.05) is 18.7 Å². The molecular formula is C30H27Cl2N3O4S. The Kier molecular flexibility index (Phi) is 8.99. The maximum Gasteiger partial charge on any atom is 0.264 e. The highest BCUT2D eigenvalue weighted by Gasteiger charge is 2.24. The number of rotatable bonds is 7. The van der Waals surface area contributed by atoms with Crippen LogP contribution in [0.4, 0.5) is 5.69 Å². The van der Waals surface area contributed by atoms with E-state index in [0.717, 1.165) is 37.1 Å². The Balaban J connectivity index is 1.22. The summed E-state index contributed by atoms with van der Waals surface area (Å²) in [5, 5.41) is 4.04. The third-order valence-electron chi connectivity index (χ3n) is 6.51. The Morgan fingerprint density at radius 2 is 1.77 bits per heavy atom. The lowest BCUT2D eigenvalue weighted by molar-refractivity contribution is -0.115. The van der Waals surface area contributed by atoms with E-state index in [2.05, 4.69) is 10.3 Å². The van der Waals surface area contributed by atoms with Gasteiger partial charge in [0.05, 0.1) is 27.7 Å². The van der Waals surface area contributed by atoms with E-state index in [-0.39, 0.29) is 11.8 Å². The number of benzene rings is 3. The average molecular weight is 597 g/mol. The summed E-state index contributed by atoms with van der Waals surface area (Å²) in [7, 11) is 1.57. The van der Waals surface area contributed by atoms with Gasteiger partial charge in [-0.2, -0.15) is 0 Å². The van der Waals surface area contributed by atoms with Gasteiger partial charge in [-0.15, -0.1) is 0 Å². The summed E-state index contributed by atoms with van der Waals surface area (Å²) in [5.74, 6) is 0.952. The maximum absolute atomic E-state index is 12.7. The van der Waals surface area contributed by atoms with E-state index in [1.54, 1.807) is 31.4 Å². The van der Waals surface area contributed by atoms with Crippen LogP contribution < -0.4 is 14.8 Å². The molecule has 3 aromatic carbocycles. The molecule has 7 nitrogen and oxygen atoms in total. The van der Waals surface area contributed by atoms with Crippen molar-refractivity contribution in [2.45, 2.75) is 25.9 Å². The summed E-state index contributed by atoms with van der Waals surface area (Å²) in [6.07, 6.45) is 5.09. The molecule has 0 unspecified atom stereocenters. The maximum atomic E-state index is 12.7. The lowest BCUT2D eigenvalue weighted by Crippen LogP contribution is -2.35. The van der Waals surface area contributed by atoms with Gasteiger partial charge in [-0.3, -0.25) is 9.59 Å². The van der Waals surface area contributed by atoms with Crippen molar-refractivity contribution in [3.63, 3.8) is 0 Å². The summed E-state index contributed by atoms with van der Waals surface area (Å²) in [4.78, 5) is 32.1. The number of ether oxygens (including phenoxy) is 2. The summed E-state index contributed by atoms with van der Waals surface area (Å²) < 4.78 is 11.6. The van der Waals surface area contributed by atoms with Crippen LogP contribution >= 0.6 is 35.0 Å². The van der Waals surface area contributed by atoms with E-state index in [0.29, 0.717) is 49.5 Å². The fourth-order valence-corrected chi connectivity index (χ4v) is 5.52. The molecule has 5 rings (SSSR count).